The first-order valence-electron chi connectivity index (χ1n) is 12.6. The van der Waals surface area contributed by atoms with Gasteiger partial charge in [0.25, 0.3) is 0 Å². The highest BCUT2D eigenvalue weighted by Crippen LogP contribution is 2.37. The molecule has 2 heteroatoms. The number of unbranched alkanes of at least 4 members (excludes halogenated alkanes) is 12. The number of thiophene rings is 2. The Morgan fingerprint density at radius 2 is 1.00 bits per heavy atom. The molecule has 0 nitrogen and oxygen atoms in total. The van der Waals surface area contributed by atoms with Gasteiger partial charge < -0.3 is 0 Å². The van der Waals surface area contributed by atoms with Crippen molar-refractivity contribution in [3.05, 3.63) is 34.0 Å². The third kappa shape index (κ3) is 7.13. The molecule has 32 heavy (non-hydrogen) atoms. The van der Waals surface area contributed by atoms with Gasteiger partial charge in [-0.15, -0.1) is 22.7 Å². The summed E-state index contributed by atoms with van der Waals surface area (Å²) in [6.45, 7) is 4.53. The first-order valence-corrected chi connectivity index (χ1v) is 14.2. The highest BCUT2D eigenvalue weighted by atomic mass is 32.1. The highest BCUT2D eigenvalue weighted by Gasteiger charge is 2.14. The maximum atomic E-state index is 3.51. The van der Waals surface area contributed by atoms with Crippen molar-refractivity contribution in [2.75, 3.05) is 0 Å². The van der Waals surface area contributed by atoms with E-state index < -0.39 is 0 Å². The summed E-state index contributed by atoms with van der Waals surface area (Å²) in [5, 5.41) is 9.13. The molecule has 1 aromatic carbocycles. The molecule has 0 saturated heterocycles. The molecule has 0 unspecified atom stereocenters. The van der Waals surface area contributed by atoms with E-state index in [4.69, 9.17) is 0 Å². The number of benzene rings is 1. The van der Waals surface area contributed by atoms with Gasteiger partial charge in [-0.2, -0.15) is 0 Å². The molecule has 0 aliphatic carbocycles. The monoisotopic (exact) mass is 460 g/mol. The predicted molar refractivity (Wildman–Crippen MR) is 145 cm³/mol. The van der Waals surface area contributed by atoms with Crippen molar-refractivity contribution in [3.8, 4) is 23.7 Å². The molecule has 0 atom stereocenters. The van der Waals surface area contributed by atoms with Crippen LogP contribution in [0.5, 0.6) is 0 Å². The topological polar surface area (TPSA) is 0 Å². The summed E-state index contributed by atoms with van der Waals surface area (Å²) < 4.78 is 2.48. The lowest BCUT2D eigenvalue weighted by molar-refractivity contribution is 0.614. The van der Waals surface area contributed by atoms with Crippen LogP contribution in [0.3, 0.4) is 0 Å². The molecule has 168 valence electrons. The van der Waals surface area contributed by atoms with Crippen molar-refractivity contribution in [1.29, 1.82) is 0 Å². The number of fused-ring (bicyclic) bond motifs is 2. The molecule has 3 aromatic rings. The van der Waals surface area contributed by atoms with Crippen LogP contribution in [0.25, 0.3) is 20.2 Å². The van der Waals surface area contributed by atoms with Gasteiger partial charge in [0.05, 0.1) is 20.5 Å². The Bertz CT molecular complexity index is 940. The molecule has 2 radical (unpaired) electrons. The van der Waals surface area contributed by atoms with E-state index in [1.54, 1.807) is 22.7 Å². The Kier molecular flexibility index (Phi) is 11.2. The van der Waals surface area contributed by atoms with Crippen LogP contribution in [0.1, 0.15) is 115 Å². The standard InChI is InChI=1S/C30H36S2/c1-3-5-7-9-11-13-15-17-19-25-27-21-23-32-30(27)26(28-22-24-31-29(25)28)20-18-16-14-12-10-8-6-4-2/h21-22H,3-16H2,1-2H3. The Morgan fingerprint density at radius 3 is 1.44 bits per heavy atom. The van der Waals surface area contributed by atoms with Crippen LogP contribution in [0, 0.1) is 34.4 Å². The fourth-order valence-electron chi connectivity index (χ4n) is 4.06. The number of hydrogen-bond acceptors (Lipinski definition) is 2. The Morgan fingerprint density at radius 1 is 0.594 bits per heavy atom. The Hall–Kier alpha value is -1.74. The summed E-state index contributed by atoms with van der Waals surface area (Å²) in [6, 6.07) is 4.21. The van der Waals surface area contributed by atoms with Crippen LogP contribution in [-0.4, -0.2) is 0 Å². The number of rotatable bonds is 12. The lowest BCUT2D eigenvalue weighted by Crippen LogP contribution is -1.84. The second kappa shape index (κ2) is 14.4. The zero-order chi connectivity index (χ0) is 22.4. The van der Waals surface area contributed by atoms with Crippen LogP contribution in [0.15, 0.2) is 12.1 Å². The van der Waals surface area contributed by atoms with E-state index in [1.807, 2.05) is 0 Å². The van der Waals surface area contributed by atoms with Crippen molar-refractivity contribution >= 4 is 42.8 Å². The van der Waals surface area contributed by atoms with E-state index in [0.717, 1.165) is 24.0 Å². The summed E-state index contributed by atoms with van der Waals surface area (Å²) in [5.74, 6) is 13.9. The minimum absolute atomic E-state index is 0.984. The van der Waals surface area contributed by atoms with E-state index in [-0.39, 0.29) is 0 Å². The fourth-order valence-corrected chi connectivity index (χ4v) is 5.72. The van der Waals surface area contributed by atoms with Crippen molar-refractivity contribution in [3.63, 3.8) is 0 Å². The predicted octanol–water partition coefficient (Wildman–Crippen LogP) is 9.92. The minimum atomic E-state index is 0.984. The molecular formula is C30H36S2. The molecule has 0 amide bonds. The van der Waals surface area contributed by atoms with Gasteiger partial charge >= 0.3 is 0 Å². The summed E-state index contributed by atoms with van der Waals surface area (Å²) in [7, 11) is 0. The zero-order valence-corrected chi connectivity index (χ0v) is 21.5. The average Bonchev–Trinajstić information content (AvgIpc) is 3.48. The van der Waals surface area contributed by atoms with Crippen molar-refractivity contribution in [2.24, 2.45) is 0 Å². The Balaban J connectivity index is 1.68. The molecule has 0 aliphatic rings. The maximum absolute atomic E-state index is 3.51. The largest absolute Gasteiger partial charge is 0.133 e. The summed E-state index contributed by atoms with van der Waals surface area (Å²) in [6.07, 6.45) is 17.7. The van der Waals surface area contributed by atoms with Gasteiger partial charge in [0, 0.05) is 34.4 Å². The lowest BCUT2D eigenvalue weighted by Gasteiger charge is -2.03. The fraction of sp³-hybridized carbons (Fsp3) is 0.533. The second-order valence-corrected chi connectivity index (χ2v) is 10.3. The van der Waals surface area contributed by atoms with Crippen LogP contribution in [-0.2, 0) is 0 Å². The van der Waals surface area contributed by atoms with Gasteiger partial charge in [0.15, 0.2) is 0 Å². The van der Waals surface area contributed by atoms with E-state index >= 15 is 0 Å². The third-order valence-corrected chi connectivity index (χ3v) is 7.68. The van der Waals surface area contributed by atoms with Crippen LogP contribution < -0.4 is 0 Å². The van der Waals surface area contributed by atoms with Gasteiger partial charge in [-0.05, 0) is 25.0 Å². The van der Waals surface area contributed by atoms with Gasteiger partial charge in [-0.25, -0.2) is 0 Å². The molecule has 3 rings (SSSR count). The van der Waals surface area contributed by atoms with Crippen molar-refractivity contribution in [1.82, 2.24) is 0 Å². The molecule has 2 aromatic heterocycles. The number of hydrogen-bond donors (Lipinski definition) is 0. The average molecular weight is 461 g/mol. The van der Waals surface area contributed by atoms with Gasteiger partial charge in [0.2, 0.25) is 0 Å². The first kappa shape index (κ1) is 24.9. The van der Waals surface area contributed by atoms with Gasteiger partial charge in [-0.1, -0.05) is 102 Å². The minimum Gasteiger partial charge on any atom is -0.133 e. The van der Waals surface area contributed by atoms with E-state index in [0.29, 0.717) is 0 Å². The zero-order valence-electron chi connectivity index (χ0n) is 19.9. The van der Waals surface area contributed by atoms with E-state index in [1.165, 1.54) is 97.2 Å². The third-order valence-electron chi connectivity index (χ3n) is 5.95. The first-order chi connectivity index (χ1) is 15.9. The summed E-state index contributed by atoms with van der Waals surface area (Å²) >= 11 is 3.35. The van der Waals surface area contributed by atoms with E-state index in [2.05, 4.69) is 60.4 Å². The molecule has 0 bridgehead atoms. The molecular weight excluding hydrogens is 424 g/mol. The lowest BCUT2D eigenvalue weighted by atomic mass is 10.0. The van der Waals surface area contributed by atoms with Crippen LogP contribution >= 0.6 is 22.7 Å². The quantitative estimate of drug-likeness (QED) is 0.186. The molecule has 0 fully saturated rings. The molecule has 0 spiro atoms. The molecule has 0 aliphatic heterocycles. The molecule has 0 N–H and O–H groups in total. The molecule has 0 saturated carbocycles. The van der Waals surface area contributed by atoms with Gasteiger partial charge in [0.1, 0.15) is 0 Å². The van der Waals surface area contributed by atoms with Crippen LogP contribution in [0.4, 0.5) is 0 Å². The Labute approximate surface area is 203 Å². The normalized spacial score (nSPS) is 10.8. The van der Waals surface area contributed by atoms with E-state index in [9.17, 15) is 0 Å². The SMILES string of the molecule is CCCCCCCCC#Cc1c2c[c]sc2c(C#CCCCCCCCC)c2c[c]sc12. The van der Waals surface area contributed by atoms with Gasteiger partial charge in [-0.3, -0.25) is 0 Å². The smallest absolute Gasteiger partial charge is 0.0525 e. The summed E-state index contributed by atoms with van der Waals surface area (Å²) in [5.41, 5.74) is 2.32. The maximum Gasteiger partial charge on any atom is 0.0525 e. The summed E-state index contributed by atoms with van der Waals surface area (Å²) in [4.78, 5) is 0. The highest BCUT2D eigenvalue weighted by molar-refractivity contribution is 7.19. The van der Waals surface area contributed by atoms with Crippen molar-refractivity contribution in [2.45, 2.75) is 104 Å². The molecule has 2 heterocycles. The second-order valence-electron chi connectivity index (χ2n) is 8.60. The van der Waals surface area contributed by atoms with Crippen molar-refractivity contribution < 1.29 is 0 Å². The van der Waals surface area contributed by atoms with Crippen LogP contribution in [0.2, 0.25) is 0 Å².